The Morgan fingerprint density at radius 1 is 0.962 bits per heavy atom. The predicted molar refractivity (Wildman–Crippen MR) is 102 cm³/mol. The van der Waals surface area contributed by atoms with Crippen molar-refractivity contribution in [2.75, 3.05) is 0 Å². The summed E-state index contributed by atoms with van der Waals surface area (Å²) in [5, 5.41) is 0. The fourth-order valence-electron chi connectivity index (χ4n) is 3.65. The van der Waals surface area contributed by atoms with E-state index in [-0.39, 0.29) is 5.54 Å². The minimum atomic E-state index is -0.153. The number of nitrogens with two attached hydrogens (primary N) is 1. The molecule has 2 aromatic heterocycles. The zero-order chi connectivity index (χ0) is 17.6. The monoisotopic (exact) mass is 341 g/mol. The lowest BCUT2D eigenvalue weighted by atomic mass is 9.73. The summed E-state index contributed by atoms with van der Waals surface area (Å²) in [6.45, 7) is 0. The maximum atomic E-state index is 6.46. The van der Waals surface area contributed by atoms with Crippen LogP contribution in [0.1, 0.15) is 24.8 Å². The molecule has 26 heavy (non-hydrogen) atoms. The van der Waals surface area contributed by atoms with Crippen molar-refractivity contribution >= 4 is 11.2 Å². The maximum absolute atomic E-state index is 6.46. The predicted octanol–water partition coefficient (Wildman–Crippen LogP) is 3.82. The molecule has 4 aromatic rings. The summed E-state index contributed by atoms with van der Waals surface area (Å²) in [5.41, 5.74) is 11.2. The van der Waals surface area contributed by atoms with Gasteiger partial charge in [-0.15, -0.1) is 0 Å². The van der Waals surface area contributed by atoms with Crippen molar-refractivity contribution in [1.82, 2.24) is 19.5 Å². The molecule has 1 aliphatic rings. The van der Waals surface area contributed by atoms with E-state index in [1.807, 2.05) is 18.2 Å². The highest BCUT2D eigenvalue weighted by Crippen LogP contribution is 2.39. The number of rotatable bonds is 3. The van der Waals surface area contributed by atoms with E-state index in [4.69, 9.17) is 10.7 Å². The van der Waals surface area contributed by atoms with E-state index in [0.29, 0.717) is 0 Å². The molecule has 5 nitrogen and oxygen atoms in total. The summed E-state index contributed by atoms with van der Waals surface area (Å²) in [7, 11) is 0. The normalized spacial score (nSPS) is 15.7. The first kappa shape index (κ1) is 15.2. The molecular formula is C21H19N5. The van der Waals surface area contributed by atoms with E-state index in [2.05, 4.69) is 50.9 Å². The summed E-state index contributed by atoms with van der Waals surface area (Å²) in [6.07, 6.45) is 6.64. The second kappa shape index (κ2) is 5.75. The van der Waals surface area contributed by atoms with Gasteiger partial charge in [-0.2, -0.15) is 0 Å². The minimum absolute atomic E-state index is 0.153. The van der Waals surface area contributed by atoms with Gasteiger partial charge in [-0.3, -0.25) is 4.57 Å². The van der Waals surface area contributed by atoms with E-state index in [0.717, 1.165) is 41.1 Å². The summed E-state index contributed by atoms with van der Waals surface area (Å²) >= 11 is 0. The lowest BCUT2D eigenvalue weighted by Crippen LogP contribution is -2.43. The fourth-order valence-corrected chi connectivity index (χ4v) is 3.65. The molecule has 1 fully saturated rings. The number of hydrogen-bond acceptors (Lipinski definition) is 4. The largest absolute Gasteiger partial charge is 0.321 e. The van der Waals surface area contributed by atoms with E-state index in [1.54, 1.807) is 12.5 Å². The molecule has 2 aromatic carbocycles. The van der Waals surface area contributed by atoms with Gasteiger partial charge < -0.3 is 5.73 Å². The Balaban J connectivity index is 1.68. The Morgan fingerprint density at radius 2 is 1.73 bits per heavy atom. The van der Waals surface area contributed by atoms with Crippen molar-refractivity contribution in [3.8, 4) is 17.1 Å². The smallest absolute Gasteiger partial charge is 0.168 e. The van der Waals surface area contributed by atoms with Crippen LogP contribution in [0.5, 0.6) is 0 Å². The average molecular weight is 341 g/mol. The highest BCUT2D eigenvalue weighted by Gasteiger charge is 2.34. The molecule has 0 spiro atoms. The highest BCUT2D eigenvalue weighted by atomic mass is 15.1. The fraction of sp³-hybridized carbons (Fsp3) is 0.190. The molecule has 2 heterocycles. The lowest BCUT2D eigenvalue weighted by molar-refractivity contribution is 0.253. The number of hydrogen-bond donors (Lipinski definition) is 1. The zero-order valence-corrected chi connectivity index (χ0v) is 14.3. The van der Waals surface area contributed by atoms with Crippen molar-refractivity contribution in [2.24, 2.45) is 5.73 Å². The van der Waals surface area contributed by atoms with Gasteiger partial charge in [0.25, 0.3) is 0 Å². The first-order valence-electron chi connectivity index (χ1n) is 8.88. The van der Waals surface area contributed by atoms with Gasteiger partial charge in [0, 0.05) is 16.8 Å². The third-order valence-corrected chi connectivity index (χ3v) is 5.30. The van der Waals surface area contributed by atoms with Gasteiger partial charge in [0.2, 0.25) is 0 Å². The van der Waals surface area contributed by atoms with Crippen LogP contribution in [0.2, 0.25) is 0 Å². The van der Waals surface area contributed by atoms with Crippen molar-refractivity contribution in [3.05, 3.63) is 72.7 Å². The lowest BCUT2D eigenvalue weighted by Gasteiger charge is -2.38. The molecule has 1 aliphatic carbocycles. The van der Waals surface area contributed by atoms with Crippen LogP contribution in [0.25, 0.3) is 28.2 Å². The Kier molecular flexibility index (Phi) is 3.36. The molecule has 1 saturated carbocycles. The van der Waals surface area contributed by atoms with E-state index in [9.17, 15) is 0 Å². The first-order valence-corrected chi connectivity index (χ1v) is 8.88. The van der Waals surface area contributed by atoms with Crippen molar-refractivity contribution in [2.45, 2.75) is 24.8 Å². The van der Waals surface area contributed by atoms with Crippen LogP contribution in [0, 0.1) is 0 Å². The third kappa shape index (κ3) is 2.32. The van der Waals surface area contributed by atoms with Crippen LogP contribution < -0.4 is 5.73 Å². The molecule has 5 rings (SSSR count). The molecule has 0 unspecified atom stereocenters. The molecule has 0 aliphatic heterocycles. The summed E-state index contributed by atoms with van der Waals surface area (Å²) in [4.78, 5) is 13.4. The van der Waals surface area contributed by atoms with Crippen LogP contribution >= 0.6 is 0 Å². The number of nitrogens with zero attached hydrogens (tertiary/aromatic N) is 4. The van der Waals surface area contributed by atoms with Gasteiger partial charge in [0.15, 0.2) is 5.65 Å². The summed E-state index contributed by atoms with van der Waals surface area (Å²) in [5.74, 6) is 0.861. The zero-order valence-electron chi connectivity index (χ0n) is 14.3. The van der Waals surface area contributed by atoms with Crippen molar-refractivity contribution in [1.29, 1.82) is 0 Å². The van der Waals surface area contributed by atoms with Gasteiger partial charge in [-0.05, 0) is 37.0 Å². The van der Waals surface area contributed by atoms with Crippen LogP contribution in [-0.2, 0) is 5.54 Å². The van der Waals surface area contributed by atoms with E-state index < -0.39 is 0 Å². The molecule has 0 amide bonds. The van der Waals surface area contributed by atoms with Gasteiger partial charge >= 0.3 is 0 Å². The molecular weight excluding hydrogens is 322 g/mol. The van der Waals surface area contributed by atoms with Gasteiger partial charge in [-0.1, -0.05) is 42.5 Å². The Hall–Kier alpha value is -3.05. The molecule has 0 saturated heterocycles. The standard InChI is InChI=1S/C21H19N5/c22-21(11-4-12-21)16-7-9-17(10-8-16)26-19(15-5-2-1-3-6-15)25-18-13-23-14-24-20(18)26/h1-3,5-10,13-14H,4,11-12,22H2. The molecule has 128 valence electrons. The quantitative estimate of drug-likeness (QED) is 0.615. The van der Waals surface area contributed by atoms with Crippen LogP contribution in [0.3, 0.4) is 0 Å². The topological polar surface area (TPSA) is 69.6 Å². The van der Waals surface area contributed by atoms with Gasteiger partial charge in [0.1, 0.15) is 17.7 Å². The minimum Gasteiger partial charge on any atom is -0.321 e. The molecule has 0 radical (unpaired) electrons. The number of imidazole rings is 1. The number of aromatic nitrogens is 4. The summed E-state index contributed by atoms with van der Waals surface area (Å²) in [6, 6.07) is 18.6. The number of benzene rings is 2. The van der Waals surface area contributed by atoms with E-state index in [1.165, 1.54) is 12.0 Å². The first-order chi connectivity index (χ1) is 12.7. The second-order valence-electron chi connectivity index (χ2n) is 6.92. The van der Waals surface area contributed by atoms with Crippen LogP contribution in [-0.4, -0.2) is 19.5 Å². The Morgan fingerprint density at radius 3 is 2.42 bits per heavy atom. The SMILES string of the molecule is NC1(c2ccc(-n3c(-c4ccccc4)nc4cncnc43)cc2)CCC1. The van der Waals surface area contributed by atoms with Gasteiger partial charge in [0.05, 0.1) is 6.20 Å². The van der Waals surface area contributed by atoms with Gasteiger partial charge in [-0.25, -0.2) is 15.0 Å². The van der Waals surface area contributed by atoms with Crippen LogP contribution in [0.4, 0.5) is 0 Å². The van der Waals surface area contributed by atoms with Crippen molar-refractivity contribution in [3.63, 3.8) is 0 Å². The molecule has 2 N–H and O–H groups in total. The molecule has 5 heteroatoms. The average Bonchev–Trinajstić information content (AvgIpc) is 3.06. The third-order valence-electron chi connectivity index (χ3n) is 5.30. The Labute approximate surface area is 151 Å². The van der Waals surface area contributed by atoms with E-state index >= 15 is 0 Å². The molecule has 0 atom stereocenters. The number of fused-ring (bicyclic) bond motifs is 1. The molecule has 0 bridgehead atoms. The van der Waals surface area contributed by atoms with Crippen LogP contribution in [0.15, 0.2) is 67.1 Å². The Bertz CT molecular complexity index is 1060. The maximum Gasteiger partial charge on any atom is 0.168 e. The highest BCUT2D eigenvalue weighted by molar-refractivity contribution is 5.79. The second-order valence-corrected chi connectivity index (χ2v) is 6.92. The van der Waals surface area contributed by atoms with Crippen molar-refractivity contribution < 1.29 is 0 Å². The summed E-state index contributed by atoms with van der Waals surface area (Å²) < 4.78 is 2.08.